The first kappa shape index (κ1) is 25.5. The van der Waals surface area contributed by atoms with Crippen LogP contribution in [0, 0.1) is 0 Å². The monoisotopic (exact) mass is 511 g/mol. The quantitative estimate of drug-likeness (QED) is 0.334. The summed E-state index contributed by atoms with van der Waals surface area (Å²) < 4.78 is 84.0. The lowest BCUT2D eigenvalue weighted by Gasteiger charge is -2.23. The molecular weight excluding hydrogens is 488 g/mol. The molecular formula is C24H23F6N5O. The minimum atomic E-state index is -4.55. The first-order valence-electron chi connectivity index (χ1n) is 11.3. The molecule has 6 nitrogen and oxygen atoms in total. The molecule has 0 bridgehead atoms. The third-order valence-corrected chi connectivity index (χ3v) is 5.70. The number of anilines is 3. The van der Waals surface area contributed by atoms with Crippen molar-refractivity contribution in [1.29, 1.82) is 0 Å². The molecule has 1 fully saturated rings. The third kappa shape index (κ3) is 6.76. The highest BCUT2D eigenvalue weighted by Gasteiger charge is 2.33. The van der Waals surface area contributed by atoms with Gasteiger partial charge in [-0.15, -0.1) is 0 Å². The highest BCUT2D eigenvalue weighted by atomic mass is 19.4. The van der Waals surface area contributed by atoms with E-state index in [-0.39, 0.29) is 35.2 Å². The van der Waals surface area contributed by atoms with Crippen molar-refractivity contribution < 1.29 is 31.1 Å². The lowest BCUT2D eigenvalue weighted by atomic mass is 9.96. The number of ether oxygens (including phenoxy) is 1. The maximum atomic E-state index is 13.3. The maximum Gasteiger partial charge on any atom is 0.416 e. The van der Waals surface area contributed by atoms with Crippen LogP contribution in [0.3, 0.4) is 0 Å². The molecule has 1 heterocycles. The molecule has 0 amide bonds. The van der Waals surface area contributed by atoms with Gasteiger partial charge in [0.25, 0.3) is 0 Å². The molecule has 192 valence electrons. The second kappa shape index (κ2) is 10.6. The van der Waals surface area contributed by atoms with Crippen molar-refractivity contribution in [2.75, 3.05) is 10.6 Å². The summed E-state index contributed by atoms with van der Waals surface area (Å²) in [6.07, 6.45) is -4.01. The summed E-state index contributed by atoms with van der Waals surface area (Å²) in [5.41, 5.74) is -1.45. The SMILES string of the molecule is FC(F)(F)c1ccc(Nc2nc(NC3CCCCC3)nc(OCc3ccccc3C(F)(F)F)n2)cc1. The van der Waals surface area contributed by atoms with Crippen LogP contribution in [0.5, 0.6) is 6.01 Å². The van der Waals surface area contributed by atoms with Crippen molar-refractivity contribution in [3.63, 3.8) is 0 Å². The van der Waals surface area contributed by atoms with Crippen LogP contribution in [-0.4, -0.2) is 21.0 Å². The summed E-state index contributed by atoms with van der Waals surface area (Å²) >= 11 is 0. The molecule has 0 atom stereocenters. The minimum Gasteiger partial charge on any atom is -0.458 e. The Labute approximate surface area is 203 Å². The highest BCUT2D eigenvalue weighted by molar-refractivity contribution is 5.55. The van der Waals surface area contributed by atoms with Gasteiger partial charge >= 0.3 is 18.4 Å². The van der Waals surface area contributed by atoms with Crippen LogP contribution >= 0.6 is 0 Å². The van der Waals surface area contributed by atoms with Gasteiger partial charge in [-0.3, -0.25) is 0 Å². The lowest BCUT2D eigenvalue weighted by molar-refractivity contribution is -0.139. The summed E-state index contributed by atoms with van der Waals surface area (Å²) in [7, 11) is 0. The Morgan fingerprint density at radius 1 is 0.778 bits per heavy atom. The fourth-order valence-corrected chi connectivity index (χ4v) is 3.91. The topological polar surface area (TPSA) is 72.0 Å². The van der Waals surface area contributed by atoms with Crippen molar-refractivity contribution in [3.05, 3.63) is 65.2 Å². The summed E-state index contributed by atoms with van der Waals surface area (Å²) in [4.78, 5) is 12.6. The van der Waals surface area contributed by atoms with Gasteiger partial charge in [0.1, 0.15) is 6.61 Å². The van der Waals surface area contributed by atoms with E-state index in [4.69, 9.17) is 4.74 Å². The molecule has 0 saturated heterocycles. The smallest absolute Gasteiger partial charge is 0.416 e. The number of nitrogens with one attached hydrogen (secondary N) is 2. The van der Waals surface area contributed by atoms with Gasteiger partial charge in [-0.05, 0) is 43.2 Å². The zero-order valence-electron chi connectivity index (χ0n) is 19.0. The second-order valence-corrected chi connectivity index (χ2v) is 8.39. The number of rotatable bonds is 7. The van der Waals surface area contributed by atoms with Crippen LogP contribution in [-0.2, 0) is 19.0 Å². The van der Waals surface area contributed by atoms with E-state index in [2.05, 4.69) is 25.6 Å². The van der Waals surface area contributed by atoms with Crippen LogP contribution in [0.2, 0.25) is 0 Å². The normalized spacial score (nSPS) is 14.9. The van der Waals surface area contributed by atoms with Crippen molar-refractivity contribution in [2.24, 2.45) is 0 Å². The van der Waals surface area contributed by atoms with E-state index in [1.807, 2.05) is 0 Å². The summed E-state index contributed by atoms with van der Waals surface area (Å²) in [5, 5.41) is 6.00. The molecule has 0 radical (unpaired) electrons. The van der Waals surface area contributed by atoms with E-state index in [9.17, 15) is 26.3 Å². The van der Waals surface area contributed by atoms with Gasteiger partial charge in [0.15, 0.2) is 0 Å². The summed E-state index contributed by atoms with van der Waals surface area (Å²) in [6.45, 7) is -0.442. The number of alkyl halides is 6. The van der Waals surface area contributed by atoms with Gasteiger partial charge in [0.2, 0.25) is 11.9 Å². The Morgan fingerprint density at radius 2 is 1.44 bits per heavy atom. The molecule has 12 heteroatoms. The predicted molar refractivity (Wildman–Crippen MR) is 121 cm³/mol. The van der Waals surface area contributed by atoms with E-state index in [0.29, 0.717) is 0 Å². The van der Waals surface area contributed by atoms with Gasteiger partial charge in [-0.1, -0.05) is 37.5 Å². The fraction of sp³-hybridized carbons (Fsp3) is 0.375. The van der Waals surface area contributed by atoms with Crippen molar-refractivity contribution in [2.45, 2.75) is 57.1 Å². The van der Waals surface area contributed by atoms with Gasteiger partial charge in [0.05, 0.1) is 11.1 Å². The molecule has 1 aromatic heterocycles. The molecule has 4 rings (SSSR count). The molecule has 3 aromatic rings. The third-order valence-electron chi connectivity index (χ3n) is 5.70. The van der Waals surface area contributed by atoms with E-state index in [0.717, 1.165) is 50.3 Å². The van der Waals surface area contributed by atoms with Crippen LogP contribution in [0.4, 0.5) is 43.9 Å². The van der Waals surface area contributed by atoms with E-state index >= 15 is 0 Å². The van der Waals surface area contributed by atoms with E-state index in [1.165, 1.54) is 30.3 Å². The largest absolute Gasteiger partial charge is 0.458 e. The Bertz CT molecular complexity index is 1160. The average molecular weight is 511 g/mol. The van der Waals surface area contributed by atoms with E-state index in [1.54, 1.807) is 0 Å². The van der Waals surface area contributed by atoms with Crippen LogP contribution in [0.25, 0.3) is 0 Å². The molecule has 2 aromatic carbocycles. The number of nitrogens with zero attached hydrogens (tertiary/aromatic N) is 3. The second-order valence-electron chi connectivity index (χ2n) is 8.39. The van der Waals surface area contributed by atoms with Crippen molar-refractivity contribution in [3.8, 4) is 6.01 Å². The Morgan fingerprint density at radius 3 is 2.11 bits per heavy atom. The van der Waals surface area contributed by atoms with Gasteiger partial charge in [-0.25, -0.2) is 0 Å². The van der Waals surface area contributed by atoms with Gasteiger partial charge < -0.3 is 15.4 Å². The van der Waals surface area contributed by atoms with Crippen molar-refractivity contribution >= 4 is 17.6 Å². The Balaban J connectivity index is 1.56. The fourth-order valence-electron chi connectivity index (χ4n) is 3.91. The van der Waals surface area contributed by atoms with Gasteiger partial charge in [-0.2, -0.15) is 41.3 Å². The predicted octanol–water partition coefficient (Wildman–Crippen LogP) is 6.98. The van der Waals surface area contributed by atoms with Crippen molar-refractivity contribution in [1.82, 2.24) is 15.0 Å². The lowest BCUT2D eigenvalue weighted by Crippen LogP contribution is -2.24. The maximum absolute atomic E-state index is 13.3. The van der Waals surface area contributed by atoms with Gasteiger partial charge in [0, 0.05) is 17.3 Å². The summed E-state index contributed by atoms with van der Waals surface area (Å²) in [5.74, 6) is 0.132. The number of benzene rings is 2. The minimum absolute atomic E-state index is 0.0258. The Kier molecular flexibility index (Phi) is 7.51. The first-order valence-corrected chi connectivity index (χ1v) is 11.3. The molecule has 1 aliphatic rings. The molecule has 0 unspecified atom stereocenters. The van der Waals surface area contributed by atoms with Crippen LogP contribution in [0.1, 0.15) is 48.8 Å². The zero-order chi connectivity index (χ0) is 25.8. The number of halogens is 6. The van der Waals surface area contributed by atoms with Crippen LogP contribution in [0.15, 0.2) is 48.5 Å². The Hall–Kier alpha value is -3.57. The van der Waals surface area contributed by atoms with E-state index < -0.39 is 30.1 Å². The average Bonchev–Trinajstić information content (AvgIpc) is 2.83. The molecule has 36 heavy (non-hydrogen) atoms. The first-order chi connectivity index (χ1) is 17.1. The zero-order valence-corrected chi connectivity index (χ0v) is 19.0. The standard InChI is InChI=1S/C24H23F6N5O/c25-23(26,27)16-10-12-18(13-11-16)32-21-33-20(31-17-7-2-1-3-8-17)34-22(35-21)36-14-15-6-4-5-9-19(15)24(28,29)30/h4-6,9-13,17H,1-3,7-8,14H2,(H2,31,32,33,34,35). The molecule has 0 aliphatic heterocycles. The number of hydrogen-bond donors (Lipinski definition) is 2. The number of aromatic nitrogens is 3. The molecule has 1 aliphatic carbocycles. The molecule has 2 N–H and O–H groups in total. The summed E-state index contributed by atoms with van der Waals surface area (Å²) in [6, 6.07) is 9.16. The van der Waals surface area contributed by atoms with Crippen LogP contribution < -0.4 is 15.4 Å². The molecule has 0 spiro atoms. The highest BCUT2D eigenvalue weighted by Crippen LogP contribution is 2.33. The number of hydrogen-bond acceptors (Lipinski definition) is 6. The molecule has 1 saturated carbocycles.